The molecule has 0 aliphatic carbocycles. The number of alkyl halides is 2. The fraction of sp³-hybridized carbons (Fsp3) is 0.417. The second kappa shape index (κ2) is 4.41. The molecular formula is C12H13F2NO2. The predicted octanol–water partition coefficient (Wildman–Crippen LogP) is 1.90. The topological polar surface area (TPSA) is 38.3 Å². The Morgan fingerprint density at radius 2 is 2.06 bits per heavy atom. The maximum atomic E-state index is 13.7. The Kier molecular flexibility index (Phi) is 3.11. The van der Waals surface area contributed by atoms with Gasteiger partial charge in [-0.3, -0.25) is 10.1 Å². The maximum Gasteiger partial charge on any atom is 0.304 e. The van der Waals surface area contributed by atoms with Gasteiger partial charge in [-0.15, -0.1) is 0 Å². The third kappa shape index (κ3) is 2.44. The first kappa shape index (κ1) is 12.0. The molecule has 0 radical (unpaired) electrons. The lowest BCUT2D eigenvalue weighted by atomic mass is 9.94. The van der Waals surface area contributed by atoms with E-state index in [4.69, 9.17) is 4.74 Å². The van der Waals surface area contributed by atoms with Crippen LogP contribution in [0.1, 0.15) is 18.4 Å². The molecular weight excluding hydrogens is 228 g/mol. The van der Waals surface area contributed by atoms with Crippen molar-refractivity contribution < 1.29 is 18.3 Å². The summed E-state index contributed by atoms with van der Waals surface area (Å²) in [7, 11) is 0. The summed E-state index contributed by atoms with van der Waals surface area (Å²) in [6.07, 6.45) is -0.968. The Balaban J connectivity index is 2.28. The molecule has 5 heteroatoms. The summed E-state index contributed by atoms with van der Waals surface area (Å²) in [5, 5.41) is 2.53. The molecule has 0 bridgehead atoms. The third-order valence-electron chi connectivity index (χ3n) is 2.75. The highest BCUT2D eigenvalue weighted by molar-refractivity contribution is 5.66. The number of carbonyl (C=O) groups excluding carboxylic acids is 1. The molecule has 1 aromatic carbocycles. The van der Waals surface area contributed by atoms with E-state index < -0.39 is 30.6 Å². The number of esters is 1. The van der Waals surface area contributed by atoms with Gasteiger partial charge in [0.1, 0.15) is 0 Å². The summed E-state index contributed by atoms with van der Waals surface area (Å²) >= 11 is 0. The van der Waals surface area contributed by atoms with Gasteiger partial charge in [0.2, 0.25) is 0 Å². The zero-order chi connectivity index (χ0) is 12.5. The van der Waals surface area contributed by atoms with Gasteiger partial charge < -0.3 is 4.74 Å². The molecule has 1 heterocycles. The predicted molar refractivity (Wildman–Crippen MR) is 57.7 cm³/mol. The number of nitrogens with one attached hydrogen (secondary N) is 1. The van der Waals surface area contributed by atoms with Crippen LogP contribution in [0.15, 0.2) is 30.3 Å². The van der Waals surface area contributed by atoms with Crippen LogP contribution in [-0.4, -0.2) is 24.7 Å². The van der Waals surface area contributed by atoms with Crippen molar-refractivity contribution in [1.29, 1.82) is 0 Å². The third-order valence-corrected chi connectivity index (χ3v) is 2.75. The van der Waals surface area contributed by atoms with E-state index in [2.05, 4.69) is 5.32 Å². The van der Waals surface area contributed by atoms with E-state index in [-0.39, 0.29) is 0 Å². The molecule has 1 aromatic rings. The normalized spacial score (nSPS) is 26.8. The fourth-order valence-electron chi connectivity index (χ4n) is 2.05. The van der Waals surface area contributed by atoms with Crippen LogP contribution in [0.25, 0.3) is 0 Å². The average Bonchev–Trinajstić information content (AvgIpc) is 2.54. The second-order valence-corrected chi connectivity index (χ2v) is 4.06. The molecule has 1 N–H and O–H groups in total. The molecule has 0 spiro atoms. The van der Waals surface area contributed by atoms with Crippen molar-refractivity contribution in [2.75, 3.05) is 6.54 Å². The monoisotopic (exact) mass is 241 g/mol. The smallest absolute Gasteiger partial charge is 0.304 e. The highest BCUT2D eigenvalue weighted by atomic mass is 19.3. The largest absolute Gasteiger partial charge is 0.446 e. The Bertz CT molecular complexity index is 408. The van der Waals surface area contributed by atoms with Gasteiger partial charge in [-0.2, -0.15) is 0 Å². The standard InChI is InChI=1S/C12H13F2NO2/c1-8(16)17-11-10(12(13,14)7-15-11)9-5-3-2-4-6-9/h2-6,10-11,15H,7H2,1H3. The summed E-state index contributed by atoms with van der Waals surface area (Å²) < 4.78 is 32.4. The van der Waals surface area contributed by atoms with E-state index in [1.165, 1.54) is 6.92 Å². The number of rotatable bonds is 2. The van der Waals surface area contributed by atoms with Gasteiger partial charge in [0.25, 0.3) is 5.92 Å². The first-order valence-electron chi connectivity index (χ1n) is 5.34. The van der Waals surface area contributed by atoms with Crippen molar-refractivity contribution in [3.63, 3.8) is 0 Å². The molecule has 0 saturated carbocycles. The zero-order valence-corrected chi connectivity index (χ0v) is 9.32. The Labute approximate surface area is 97.8 Å². The van der Waals surface area contributed by atoms with Crippen LogP contribution in [0.2, 0.25) is 0 Å². The number of hydrogen-bond acceptors (Lipinski definition) is 3. The van der Waals surface area contributed by atoms with Crippen LogP contribution in [0.4, 0.5) is 8.78 Å². The van der Waals surface area contributed by atoms with Gasteiger partial charge in [0.15, 0.2) is 6.23 Å². The zero-order valence-electron chi connectivity index (χ0n) is 9.32. The van der Waals surface area contributed by atoms with Gasteiger partial charge >= 0.3 is 5.97 Å². The molecule has 1 saturated heterocycles. The number of carbonyl (C=O) groups is 1. The van der Waals surface area contributed by atoms with Crippen LogP contribution >= 0.6 is 0 Å². The van der Waals surface area contributed by atoms with Gasteiger partial charge in [0, 0.05) is 6.92 Å². The van der Waals surface area contributed by atoms with Crippen molar-refractivity contribution in [3.05, 3.63) is 35.9 Å². The van der Waals surface area contributed by atoms with E-state index in [9.17, 15) is 13.6 Å². The molecule has 17 heavy (non-hydrogen) atoms. The summed E-state index contributed by atoms with van der Waals surface area (Å²) in [6.45, 7) is 0.727. The van der Waals surface area contributed by atoms with Gasteiger partial charge in [0.05, 0.1) is 12.5 Å². The molecule has 0 amide bonds. The van der Waals surface area contributed by atoms with Gasteiger partial charge in [-0.1, -0.05) is 30.3 Å². The molecule has 1 fully saturated rings. The second-order valence-electron chi connectivity index (χ2n) is 4.06. The van der Waals surface area contributed by atoms with E-state index in [0.29, 0.717) is 5.56 Å². The summed E-state index contributed by atoms with van der Waals surface area (Å²) in [6, 6.07) is 8.36. The van der Waals surface area contributed by atoms with Crippen LogP contribution in [0.5, 0.6) is 0 Å². The fourth-order valence-corrected chi connectivity index (χ4v) is 2.05. The number of benzene rings is 1. The Morgan fingerprint density at radius 1 is 1.41 bits per heavy atom. The maximum absolute atomic E-state index is 13.7. The quantitative estimate of drug-likeness (QED) is 0.804. The SMILES string of the molecule is CC(=O)OC1NCC(F)(F)C1c1ccccc1. The average molecular weight is 241 g/mol. The molecule has 3 nitrogen and oxygen atoms in total. The van der Waals surface area contributed by atoms with Gasteiger partial charge in [-0.25, -0.2) is 8.78 Å². The highest BCUT2D eigenvalue weighted by Gasteiger charge is 2.52. The number of hydrogen-bond donors (Lipinski definition) is 1. The molecule has 1 aliphatic heterocycles. The first-order valence-corrected chi connectivity index (χ1v) is 5.34. The first-order chi connectivity index (χ1) is 8.00. The number of ether oxygens (including phenoxy) is 1. The van der Waals surface area contributed by atoms with Crippen molar-refractivity contribution in [2.45, 2.75) is 25.0 Å². The molecule has 92 valence electrons. The highest BCUT2D eigenvalue weighted by Crippen LogP contribution is 2.40. The van der Waals surface area contributed by atoms with E-state index in [1.54, 1.807) is 30.3 Å². The minimum Gasteiger partial charge on any atom is -0.446 e. The summed E-state index contributed by atoms with van der Waals surface area (Å²) in [5.74, 6) is -4.62. The molecule has 1 aliphatic rings. The lowest BCUT2D eigenvalue weighted by Crippen LogP contribution is -2.32. The van der Waals surface area contributed by atoms with Crippen LogP contribution in [0, 0.1) is 0 Å². The minimum absolute atomic E-state index is 0.466. The van der Waals surface area contributed by atoms with Crippen molar-refractivity contribution in [2.24, 2.45) is 0 Å². The van der Waals surface area contributed by atoms with Crippen molar-refractivity contribution >= 4 is 5.97 Å². The summed E-state index contributed by atoms with van der Waals surface area (Å²) in [4.78, 5) is 10.9. The summed E-state index contributed by atoms with van der Waals surface area (Å²) in [5.41, 5.74) is 0.466. The van der Waals surface area contributed by atoms with E-state index >= 15 is 0 Å². The van der Waals surface area contributed by atoms with Crippen LogP contribution in [0.3, 0.4) is 0 Å². The van der Waals surface area contributed by atoms with E-state index in [1.807, 2.05) is 0 Å². The number of halogens is 2. The Hall–Kier alpha value is -1.49. The van der Waals surface area contributed by atoms with Crippen LogP contribution in [-0.2, 0) is 9.53 Å². The van der Waals surface area contributed by atoms with Crippen molar-refractivity contribution in [1.82, 2.24) is 5.32 Å². The molecule has 2 unspecified atom stereocenters. The molecule has 2 rings (SSSR count). The van der Waals surface area contributed by atoms with Crippen molar-refractivity contribution in [3.8, 4) is 0 Å². The van der Waals surface area contributed by atoms with Gasteiger partial charge in [-0.05, 0) is 5.56 Å². The minimum atomic E-state index is -2.92. The Morgan fingerprint density at radius 3 is 2.65 bits per heavy atom. The van der Waals surface area contributed by atoms with Crippen LogP contribution < -0.4 is 5.32 Å². The lowest BCUT2D eigenvalue weighted by Gasteiger charge is -2.23. The molecule has 0 aromatic heterocycles. The molecule has 2 atom stereocenters. The van der Waals surface area contributed by atoms with E-state index in [0.717, 1.165) is 0 Å². The lowest BCUT2D eigenvalue weighted by molar-refractivity contribution is -0.149.